The molecule has 1 saturated heterocycles. The monoisotopic (exact) mass is 347 g/mol. The fraction of sp³-hybridized carbons (Fsp3) is 0.500. The molecular weight excluding hydrogens is 322 g/mol. The van der Waals surface area contributed by atoms with Gasteiger partial charge in [-0.05, 0) is 50.5 Å². The van der Waals surface area contributed by atoms with Crippen LogP contribution in [0.3, 0.4) is 0 Å². The lowest BCUT2D eigenvalue weighted by atomic mass is 9.97. The first-order valence-corrected chi connectivity index (χ1v) is 8.60. The van der Waals surface area contributed by atoms with Gasteiger partial charge in [0.05, 0.1) is 5.92 Å². The van der Waals surface area contributed by atoms with Crippen LogP contribution in [-0.2, 0) is 4.79 Å². The second-order valence-corrected chi connectivity index (χ2v) is 6.39. The number of aliphatic carboxylic acids is 1. The zero-order valence-corrected chi connectivity index (χ0v) is 14.6. The Labute approximate surface area is 147 Å². The molecule has 3 N–H and O–H groups in total. The van der Waals surface area contributed by atoms with Crippen LogP contribution < -0.4 is 10.6 Å². The number of urea groups is 1. The summed E-state index contributed by atoms with van der Waals surface area (Å²) in [6.07, 6.45) is 1.80. The Balaban J connectivity index is 1.87. The Morgan fingerprint density at radius 2 is 1.80 bits per heavy atom. The molecule has 2 rings (SSSR count). The highest BCUT2D eigenvalue weighted by molar-refractivity contribution is 5.95. The molecule has 1 heterocycles. The molecule has 0 aromatic heterocycles. The van der Waals surface area contributed by atoms with Crippen molar-refractivity contribution in [2.24, 2.45) is 5.92 Å². The van der Waals surface area contributed by atoms with Crippen molar-refractivity contribution in [1.82, 2.24) is 10.2 Å². The minimum Gasteiger partial charge on any atom is -0.481 e. The van der Waals surface area contributed by atoms with Gasteiger partial charge in [-0.3, -0.25) is 9.59 Å². The zero-order valence-electron chi connectivity index (χ0n) is 14.6. The number of anilines is 1. The van der Waals surface area contributed by atoms with Gasteiger partial charge in [-0.1, -0.05) is 6.92 Å². The van der Waals surface area contributed by atoms with E-state index < -0.39 is 5.97 Å². The fourth-order valence-corrected chi connectivity index (χ4v) is 2.65. The second kappa shape index (κ2) is 8.50. The molecule has 0 bridgehead atoms. The van der Waals surface area contributed by atoms with E-state index in [4.69, 9.17) is 5.11 Å². The average Bonchev–Trinajstić information content (AvgIpc) is 2.62. The molecule has 0 radical (unpaired) electrons. The summed E-state index contributed by atoms with van der Waals surface area (Å²) in [6, 6.07) is 6.58. The van der Waals surface area contributed by atoms with Crippen LogP contribution in [0, 0.1) is 5.92 Å². The predicted molar refractivity (Wildman–Crippen MR) is 94.6 cm³/mol. The van der Waals surface area contributed by atoms with E-state index in [1.54, 1.807) is 29.2 Å². The van der Waals surface area contributed by atoms with Gasteiger partial charge in [0.15, 0.2) is 0 Å². The lowest BCUT2D eigenvalue weighted by Gasteiger charge is -2.30. The molecule has 1 fully saturated rings. The zero-order chi connectivity index (χ0) is 18.4. The van der Waals surface area contributed by atoms with E-state index in [-0.39, 0.29) is 23.9 Å². The van der Waals surface area contributed by atoms with E-state index in [2.05, 4.69) is 10.6 Å². The van der Waals surface area contributed by atoms with Crippen LogP contribution in [0.25, 0.3) is 0 Å². The van der Waals surface area contributed by atoms with Gasteiger partial charge < -0.3 is 20.6 Å². The molecule has 1 atom stereocenters. The quantitative estimate of drug-likeness (QED) is 0.762. The third-order valence-corrected chi connectivity index (χ3v) is 4.52. The largest absolute Gasteiger partial charge is 0.481 e. The fourth-order valence-electron chi connectivity index (χ4n) is 2.65. The van der Waals surface area contributed by atoms with Crippen LogP contribution in [0.5, 0.6) is 0 Å². The first kappa shape index (κ1) is 18.8. The standard InChI is InChI=1S/C18H25N3O4/c1-3-12(2)19-16(22)13-4-6-15(7-5-13)20-18(25)21-10-8-14(9-11-21)17(23)24/h4-7,12,14H,3,8-11H2,1-2H3,(H,19,22)(H,20,25)(H,23,24). The second-order valence-electron chi connectivity index (χ2n) is 6.39. The van der Waals surface area contributed by atoms with Gasteiger partial charge in [0.1, 0.15) is 0 Å². The highest BCUT2D eigenvalue weighted by Crippen LogP contribution is 2.18. The van der Waals surface area contributed by atoms with Crippen molar-refractivity contribution < 1.29 is 19.5 Å². The predicted octanol–water partition coefficient (Wildman–Crippen LogP) is 2.54. The molecule has 136 valence electrons. The number of piperidine rings is 1. The van der Waals surface area contributed by atoms with Gasteiger partial charge in [-0.25, -0.2) is 4.79 Å². The van der Waals surface area contributed by atoms with Crippen LogP contribution in [-0.4, -0.2) is 47.0 Å². The van der Waals surface area contributed by atoms with Crippen molar-refractivity contribution in [2.75, 3.05) is 18.4 Å². The minimum atomic E-state index is -0.800. The molecule has 1 aromatic rings. The number of amides is 3. The normalized spacial score (nSPS) is 16.2. The maximum absolute atomic E-state index is 12.2. The molecule has 0 aliphatic carbocycles. The average molecular weight is 347 g/mol. The first-order chi connectivity index (χ1) is 11.9. The number of hydrogen-bond donors (Lipinski definition) is 3. The van der Waals surface area contributed by atoms with Crippen LogP contribution in [0.2, 0.25) is 0 Å². The van der Waals surface area contributed by atoms with Crippen LogP contribution in [0.15, 0.2) is 24.3 Å². The number of rotatable bonds is 5. The summed E-state index contributed by atoms with van der Waals surface area (Å²) < 4.78 is 0. The minimum absolute atomic E-state index is 0.112. The van der Waals surface area contributed by atoms with Crippen LogP contribution in [0.4, 0.5) is 10.5 Å². The summed E-state index contributed by atoms with van der Waals surface area (Å²) in [5.74, 6) is -1.30. The molecule has 1 unspecified atom stereocenters. The third-order valence-electron chi connectivity index (χ3n) is 4.52. The Morgan fingerprint density at radius 3 is 2.32 bits per heavy atom. The molecule has 1 aliphatic heterocycles. The molecule has 1 aromatic carbocycles. The summed E-state index contributed by atoms with van der Waals surface area (Å²) in [6.45, 7) is 4.80. The maximum Gasteiger partial charge on any atom is 0.321 e. The number of nitrogens with one attached hydrogen (secondary N) is 2. The Bertz CT molecular complexity index is 622. The van der Waals surface area contributed by atoms with E-state index in [1.165, 1.54) is 0 Å². The number of carboxylic acid groups (broad SMARTS) is 1. The molecule has 0 saturated carbocycles. The molecule has 7 nitrogen and oxygen atoms in total. The lowest BCUT2D eigenvalue weighted by Crippen LogP contribution is -2.42. The highest BCUT2D eigenvalue weighted by Gasteiger charge is 2.26. The number of likely N-dealkylation sites (tertiary alicyclic amines) is 1. The third kappa shape index (κ3) is 5.20. The van der Waals surface area contributed by atoms with Crippen molar-refractivity contribution in [1.29, 1.82) is 0 Å². The van der Waals surface area contributed by atoms with Crippen molar-refractivity contribution in [3.63, 3.8) is 0 Å². The highest BCUT2D eigenvalue weighted by atomic mass is 16.4. The topological polar surface area (TPSA) is 98.7 Å². The van der Waals surface area contributed by atoms with Gasteiger partial charge in [0, 0.05) is 30.4 Å². The van der Waals surface area contributed by atoms with Gasteiger partial charge in [-0.2, -0.15) is 0 Å². The van der Waals surface area contributed by atoms with Crippen molar-refractivity contribution in [3.05, 3.63) is 29.8 Å². The number of carboxylic acids is 1. The lowest BCUT2D eigenvalue weighted by molar-refractivity contribution is -0.143. The molecular formula is C18H25N3O4. The van der Waals surface area contributed by atoms with E-state index in [0.29, 0.717) is 37.2 Å². The van der Waals surface area contributed by atoms with Crippen molar-refractivity contribution >= 4 is 23.6 Å². The van der Waals surface area contributed by atoms with Gasteiger partial charge in [0.25, 0.3) is 5.91 Å². The van der Waals surface area contributed by atoms with Crippen molar-refractivity contribution in [3.8, 4) is 0 Å². The van der Waals surface area contributed by atoms with Gasteiger partial charge in [0.2, 0.25) is 0 Å². The van der Waals surface area contributed by atoms with Crippen LogP contribution in [0.1, 0.15) is 43.5 Å². The van der Waals surface area contributed by atoms with E-state index in [1.807, 2.05) is 13.8 Å². The molecule has 1 aliphatic rings. The number of carbonyl (C=O) groups excluding carboxylic acids is 2. The molecule has 7 heteroatoms. The molecule has 3 amide bonds. The number of hydrogen-bond acceptors (Lipinski definition) is 3. The SMILES string of the molecule is CCC(C)NC(=O)c1ccc(NC(=O)N2CCC(C(=O)O)CC2)cc1. The number of nitrogens with zero attached hydrogens (tertiary/aromatic N) is 1. The summed E-state index contributed by atoms with van der Waals surface area (Å²) in [7, 11) is 0. The molecule has 0 spiro atoms. The summed E-state index contributed by atoms with van der Waals surface area (Å²) >= 11 is 0. The van der Waals surface area contributed by atoms with Crippen molar-refractivity contribution in [2.45, 2.75) is 39.2 Å². The van der Waals surface area contributed by atoms with E-state index >= 15 is 0 Å². The maximum atomic E-state index is 12.2. The molecule has 25 heavy (non-hydrogen) atoms. The van der Waals surface area contributed by atoms with E-state index in [9.17, 15) is 14.4 Å². The summed E-state index contributed by atoms with van der Waals surface area (Å²) in [5.41, 5.74) is 1.14. The van der Waals surface area contributed by atoms with Gasteiger partial charge >= 0.3 is 12.0 Å². The Kier molecular flexibility index (Phi) is 6.38. The number of benzene rings is 1. The Morgan fingerprint density at radius 1 is 1.20 bits per heavy atom. The van der Waals surface area contributed by atoms with Crippen LogP contribution >= 0.6 is 0 Å². The van der Waals surface area contributed by atoms with Gasteiger partial charge in [-0.15, -0.1) is 0 Å². The summed E-state index contributed by atoms with van der Waals surface area (Å²) in [5, 5.41) is 14.7. The Hall–Kier alpha value is -2.57. The van der Waals surface area contributed by atoms with E-state index in [0.717, 1.165) is 6.42 Å². The first-order valence-electron chi connectivity index (χ1n) is 8.60. The number of carbonyl (C=O) groups is 3. The smallest absolute Gasteiger partial charge is 0.321 e. The summed E-state index contributed by atoms with van der Waals surface area (Å²) in [4.78, 5) is 36.8.